The Bertz CT molecular complexity index is 1110. The third-order valence-corrected chi connectivity index (χ3v) is 6.33. The van der Waals surface area contributed by atoms with E-state index in [0.717, 1.165) is 26.7 Å². The number of benzene rings is 2. The summed E-state index contributed by atoms with van der Waals surface area (Å²) in [7, 11) is 0. The summed E-state index contributed by atoms with van der Waals surface area (Å²) >= 11 is 2.23. The van der Waals surface area contributed by atoms with Gasteiger partial charge in [0, 0.05) is 17.8 Å². The maximum absolute atomic E-state index is 13.0. The van der Waals surface area contributed by atoms with E-state index >= 15 is 0 Å². The number of rotatable bonds is 5. The molecule has 1 aliphatic heterocycles. The number of hydrogen-bond donors (Lipinski definition) is 1. The van der Waals surface area contributed by atoms with Crippen molar-refractivity contribution < 1.29 is 18.8 Å². The highest BCUT2D eigenvalue weighted by Gasteiger charge is 2.34. The molecule has 1 aliphatic rings. The smallest absolute Gasteiger partial charge is 0.293 e. The molecular weight excluding hydrogens is 411 g/mol. The minimum atomic E-state index is -0.416. The molecular formula is C21H15FN2O3S2. The molecule has 8 heteroatoms. The molecule has 29 heavy (non-hydrogen) atoms. The minimum Gasteiger partial charge on any atom is -0.350 e. The van der Waals surface area contributed by atoms with Crippen LogP contribution in [0.5, 0.6) is 0 Å². The number of nitrogens with one attached hydrogen (secondary N) is 1. The van der Waals surface area contributed by atoms with Gasteiger partial charge in [0.15, 0.2) is 0 Å². The molecule has 0 atom stereocenters. The third kappa shape index (κ3) is 4.23. The lowest BCUT2D eigenvalue weighted by atomic mass is 10.2. The van der Waals surface area contributed by atoms with Crippen LogP contribution < -0.4 is 5.32 Å². The fraction of sp³-hybridized carbons (Fsp3) is 0.0952. The van der Waals surface area contributed by atoms with Gasteiger partial charge in [-0.05, 0) is 53.1 Å². The van der Waals surface area contributed by atoms with Crippen molar-refractivity contribution in [2.75, 3.05) is 13.1 Å². The summed E-state index contributed by atoms with van der Waals surface area (Å²) in [6.07, 6.45) is 1.56. The first-order valence-electron chi connectivity index (χ1n) is 8.79. The van der Waals surface area contributed by atoms with Crippen molar-refractivity contribution in [3.8, 4) is 0 Å². The molecule has 1 fully saturated rings. The molecule has 0 radical (unpaired) electrons. The Morgan fingerprint density at radius 1 is 1.10 bits per heavy atom. The lowest BCUT2D eigenvalue weighted by molar-refractivity contribution is -0.122. The lowest BCUT2D eigenvalue weighted by Gasteiger charge is -2.12. The molecule has 3 amide bonds. The van der Waals surface area contributed by atoms with Gasteiger partial charge in [-0.1, -0.05) is 30.3 Å². The van der Waals surface area contributed by atoms with Crippen LogP contribution in [0.3, 0.4) is 0 Å². The van der Waals surface area contributed by atoms with Crippen LogP contribution in [0.4, 0.5) is 9.18 Å². The summed E-state index contributed by atoms with van der Waals surface area (Å²) < 4.78 is 14.0. The predicted molar refractivity (Wildman–Crippen MR) is 113 cm³/mol. The first kappa shape index (κ1) is 19.4. The van der Waals surface area contributed by atoms with Crippen LogP contribution in [0.2, 0.25) is 0 Å². The second-order valence-corrected chi connectivity index (χ2v) is 8.37. The number of hydrogen-bond acceptors (Lipinski definition) is 5. The summed E-state index contributed by atoms with van der Waals surface area (Å²) in [5.41, 5.74) is 0.634. The van der Waals surface area contributed by atoms with E-state index in [1.807, 2.05) is 30.3 Å². The summed E-state index contributed by atoms with van der Waals surface area (Å²) in [5, 5.41) is 3.36. The second-order valence-electron chi connectivity index (χ2n) is 6.29. The van der Waals surface area contributed by atoms with Gasteiger partial charge in [0.05, 0.1) is 9.78 Å². The summed E-state index contributed by atoms with van der Waals surface area (Å²) in [4.78, 5) is 38.9. The standard InChI is InChI=1S/C21H15FN2O3S2/c22-15-7-5-13(6-8-15)11-18-20(26)24(21(27)29-18)10-9-23-19(25)17-12-14-3-1-2-4-16(14)28-17/h1-8,11-12H,9-10H2,(H,23,25)/b18-11-. The molecule has 4 rings (SSSR count). The largest absolute Gasteiger partial charge is 0.350 e. The molecule has 3 aromatic rings. The van der Waals surface area contributed by atoms with Crippen molar-refractivity contribution in [1.29, 1.82) is 0 Å². The van der Waals surface area contributed by atoms with Gasteiger partial charge in [0.25, 0.3) is 17.1 Å². The van der Waals surface area contributed by atoms with E-state index in [9.17, 15) is 18.8 Å². The Morgan fingerprint density at radius 2 is 1.86 bits per heavy atom. The fourth-order valence-electron chi connectivity index (χ4n) is 2.87. The average Bonchev–Trinajstić information content (AvgIpc) is 3.26. The normalized spacial score (nSPS) is 15.5. The van der Waals surface area contributed by atoms with Crippen molar-refractivity contribution in [1.82, 2.24) is 10.2 Å². The topological polar surface area (TPSA) is 66.5 Å². The van der Waals surface area contributed by atoms with E-state index in [0.29, 0.717) is 10.4 Å². The van der Waals surface area contributed by atoms with Crippen LogP contribution in [0.15, 0.2) is 59.5 Å². The highest BCUT2D eigenvalue weighted by Crippen LogP contribution is 2.32. The molecule has 0 unspecified atom stereocenters. The molecule has 2 aromatic carbocycles. The number of thioether (sulfide) groups is 1. The molecule has 1 saturated heterocycles. The number of thiophene rings is 1. The van der Waals surface area contributed by atoms with Gasteiger partial charge in [-0.3, -0.25) is 19.3 Å². The van der Waals surface area contributed by atoms with Gasteiger partial charge in [-0.25, -0.2) is 4.39 Å². The minimum absolute atomic E-state index is 0.0854. The SMILES string of the molecule is O=C(NCCN1C(=O)S/C(=C\c2ccc(F)cc2)C1=O)c1cc2ccccc2s1. The molecule has 1 aromatic heterocycles. The highest BCUT2D eigenvalue weighted by atomic mass is 32.2. The van der Waals surface area contributed by atoms with Gasteiger partial charge in [-0.15, -0.1) is 11.3 Å². The van der Waals surface area contributed by atoms with Crippen molar-refractivity contribution in [2.45, 2.75) is 0 Å². The molecule has 1 N–H and O–H groups in total. The summed E-state index contributed by atoms with van der Waals surface area (Å²) in [6.45, 7) is 0.247. The number of nitrogens with zero attached hydrogens (tertiary/aromatic N) is 1. The fourth-order valence-corrected chi connectivity index (χ4v) is 4.71. The van der Waals surface area contributed by atoms with Gasteiger partial charge in [0.1, 0.15) is 5.82 Å². The van der Waals surface area contributed by atoms with Crippen LogP contribution in [-0.4, -0.2) is 35.0 Å². The zero-order valence-electron chi connectivity index (χ0n) is 15.1. The zero-order valence-corrected chi connectivity index (χ0v) is 16.7. The second kappa shape index (κ2) is 8.18. The van der Waals surface area contributed by atoms with Crippen molar-refractivity contribution in [2.24, 2.45) is 0 Å². The maximum atomic E-state index is 13.0. The van der Waals surface area contributed by atoms with E-state index in [1.165, 1.54) is 35.6 Å². The summed E-state index contributed by atoms with van der Waals surface area (Å²) in [5.74, 6) is -1.02. The van der Waals surface area contributed by atoms with Crippen LogP contribution in [0, 0.1) is 5.82 Å². The number of carbonyl (C=O) groups is 3. The first-order chi connectivity index (χ1) is 14.0. The van der Waals surface area contributed by atoms with Gasteiger partial charge in [-0.2, -0.15) is 0 Å². The van der Waals surface area contributed by atoms with Crippen LogP contribution in [0.1, 0.15) is 15.2 Å². The number of amides is 3. The Labute approximate surface area is 174 Å². The Hall–Kier alpha value is -2.97. The molecule has 0 bridgehead atoms. The Morgan fingerprint density at radius 3 is 2.62 bits per heavy atom. The zero-order chi connectivity index (χ0) is 20.4. The van der Waals surface area contributed by atoms with Gasteiger partial charge in [0.2, 0.25) is 0 Å². The van der Waals surface area contributed by atoms with Crippen molar-refractivity contribution in [3.05, 3.63) is 75.8 Å². The van der Waals surface area contributed by atoms with Crippen molar-refractivity contribution in [3.63, 3.8) is 0 Å². The number of halogens is 1. The predicted octanol–water partition coefficient (Wildman–Crippen LogP) is 4.51. The Balaban J connectivity index is 1.36. The molecule has 0 aliphatic carbocycles. The van der Waals surface area contributed by atoms with Crippen molar-refractivity contribution >= 4 is 56.3 Å². The average molecular weight is 426 g/mol. The molecule has 146 valence electrons. The van der Waals surface area contributed by atoms with E-state index in [-0.39, 0.29) is 35.0 Å². The first-order valence-corrected chi connectivity index (χ1v) is 10.4. The monoisotopic (exact) mass is 426 g/mol. The number of fused-ring (bicyclic) bond motifs is 1. The van der Waals surface area contributed by atoms with E-state index < -0.39 is 5.91 Å². The number of imide groups is 1. The summed E-state index contributed by atoms with van der Waals surface area (Å²) in [6, 6.07) is 15.2. The molecule has 5 nitrogen and oxygen atoms in total. The maximum Gasteiger partial charge on any atom is 0.293 e. The van der Waals surface area contributed by atoms with Crippen LogP contribution in [-0.2, 0) is 4.79 Å². The molecule has 2 heterocycles. The highest BCUT2D eigenvalue weighted by molar-refractivity contribution is 8.18. The van der Waals surface area contributed by atoms with Gasteiger partial charge >= 0.3 is 0 Å². The quantitative estimate of drug-likeness (QED) is 0.610. The Kier molecular flexibility index (Phi) is 5.46. The molecule has 0 saturated carbocycles. The van der Waals surface area contributed by atoms with E-state index in [2.05, 4.69) is 5.32 Å². The van der Waals surface area contributed by atoms with Gasteiger partial charge < -0.3 is 5.32 Å². The lowest BCUT2D eigenvalue weighted by Crippen LogP contribution is -2.37. The molecule has 0 spiro atoms. The van der Waals surface area contributed by atoms with Crippen LogP contribution >= 0.6 is 23.1 Å². The third-order valence-electron chi connectivity index (χ3n) is 4.31. The van der Waals surface area contributed by atoms with E-state index in [4.69, 9.17) is 0 Å². The van der Waals surface area contributed by atoms with Crippen LogP contribution in [0.25, 0.3) is 16.2 Å². The number of carbonyl (C=O) groups excluding carboxylic acids is 3. The van der Waals surface area contributed by atoms with E-state index in [1.54, 1.807) is 6.08 Å².